The van der Waals surface area contributed by atoms with Gasteiger partial charge in [0.1, 0.15) is 23.9 Å². The molecular formula is C24H23NO13S3. The molecule has 1 saturated carbocycles. The third-order valence-electron chi connectivity index (χ3n) is 6.81. The van der Waals surface area contributed by atoms with Gasteiger partial charge in [-0.1, -0.05) is 28.3 Å². The Labute approximate surface area is 240 Å². The first-order chi connectivity index (χ1) is 19.7. The normalized spacial score (nSPS) is 17.7. The van der Waals surface area contributed by atoms with Crippen LogP contribution in [-0.2, 0) is 38.5 Å². The Bertz CT molecular complexity index is 1670. The number of carboxylic acid groups (broad SMARTS) is 1. The molecule has 41 heavy (non-hydrogen) atoms. The summed E-state index contributed by atoms with van der Waals surface area (Å²) in [5, 5.41) is 36.9. The van der Waals surface area contributed by atoms with Crippen LogP contribution in [-0.4, -0.2) is 53.8 Å². The largest absolute Gasteiger partial charge is 0.490 e. The quantitative estimate of drug-likeness (QED) is 0.0316. The minimum atomic E-state index is -4.69. The summed E-state index contributed by atoms with van der Waals surface area (Å²) in [4.78, 5) is 16.9. The van der Waals surface area contributed by atoms with Crippen LogP contribution >= 0.6 is 24.1 Å². The standard InChI is InChI=1S/C24H23NO13S3/c26-24(27)12-1-2-13(9-12)25-34-8-7-33-18-10-19(39-37-35-28)15-4-5-16-20(40-38-36-29)11-21(41(30,31)32)17-6-3-14(18)22(15)23(16)17/h3-6,10-13,25,28-29H,1-2,7-9H2,(H,26,27)(H,30,31,32). The lowest BCUT2D eigenvalue weighted by Gasteiger charge is -2.19. The van der Waals surface area contributed by atoms with Crippen molar-refractivity contribution in [2.24, 2.45) is 5.92 Å². The van der Waals surface area contributed by atoms with Gasteiger partial charge in [-0.25, -0.2) is 10.5 Å². The number of hydrogen-bond donors (Lipinski definition) is 5. The van der Waals surface area contributed by atoms with E-state index in [0.29, 0.717) is 80.9 Å². The first-order valence-electron chi connectivity index (χ1n) is 12.0. The number of hydrogen-bond acceptors (Lipinski definition) is 14. The van der Waals surface area contributed by atoms with Gasteiger partial charge < -0.3 is 9.84 Å². The minimum absolute atomic E-state index is 0.0754. The third-order valence-corrected chi connectivity index (χ3v) is 8.99. The van der Waals surface area contributed by atoms with Gasteiger partial charge in [0.05, 0.1) is 34.9 Å². The summed E-state index contributed by atoms with van der Waals surface area (Å²) in [6, 6.07) is 9.37. The molecule has 0 aliphatic heterocycles. The van der Waals surface area contributed by atoms with E-state index < -0.39 is 26.9 Å². The maximum absolute atomic E-state index is 12.3. The highest BCUT2D eigenvalue weighted by atomic mass is 32.2. The van der Waals surface area contributed by atoms with Gasteiger partial charge in [-0.2, -0.15) is 13.9 Å². The Morgan fingerprint density at radius 2 is 1.51 bits per heavy atom. The molecule has 220 valence electrons. The molecule has 2 atom stereocenters. The Hall–Kier alpha value is -2.52. The van der Waals surface area contributed by atoms with Crippen LogP contribution in [0.25, 0.3) is 32.3 Å². The van der Waals surface area contributed by atoms with Crippen molar-refractivity contribution in [3.8, 4) is 5.75 Å². The van der Waals surface area contributed by atoms with Gasteiger partial charge in [-0.05, 0) is 48.2 Å². The van der Waals surface area contributed by atoms with Gasteiger partial charge in [0, 0.05) is 32.5 Å². The van der Waals surface area contributed by atoms with Crippen LogP contribution < -0.4 is 10.2 Å². The fraction of sp³-hybridized carbons (Fsp3) is 0.292. The van der Waals surface area contributed by atoms with E-state index in [9.17, 15) is 17.8 Å². The van der Waals surface area contributed by atoms with Crippen molar-refractivity contribution in [2.45, 2.75) is 40.0 Å². The number of hydroxylamine groups is 1. The molecule has 17 heteroatoms. The maximum Gasteiger partial charge on any atom is 0.306 e. The maximum atomic E-state index is 12.3. The monoisotopic (exact) mass is 629 g/mol. The Balaban J connectivity index is 1.51. The summed E-state index contributed by atoms with van der Waals surface area (Å²) in [5.41, 5.74) is 2.88. The molecule has 1 aliphatic carbocycles. The highest BCUT2D eigenvalue weighted by molar-refractivity contribution is 7.95. The first-order valence-corrected chi connectivity index (χ1v) is 14.9. The van der Waals surface area contributed by atoms with Crippen molar-refractivity contribution in [1.29, 1.82) is 0 Å². The summed E-state index contributed by atoms with van der Waals surface area (Å²) < 4.78 is 49.9. The number of ether oxygens (including phenoxy) is 1. The molecule has 0 aromatic heterocycles. The van der Waals surface area contributed by atoms with E-state index in [1.807, 2.05) is 0 Å². The molecule has 0 saturated heterocycles. The molecule has 5 N–H and O–H groups in total. The Morgan fingerprint density at radius 3 is 2.12 bits per heavy atom. The van der Waals surface area contributed by atoms with E-state index in [4.69, 9.17) is 25.2 Å². The van der Waals surface area contributed by atoms with Crippen LogP contribution in [0, 0.1) is 5.92 Å². The summed E-state index contributed by atoms with van der Waals surface area (Å²) in [7, 11) is -4.69. The van der Waals surface area contributed by atoms with Gasteiger partial charge in [-0.15, -0.1) is 8.67 Å². The second kappa shape index (κ2) is 12.8. The smallest absolute Gasteiger partial charge is 0.306 e. The van der Waals surface area contributed by atoms with Gasteiger partial charge in [-0.3, -0.25) is 14.2 Å². The lowest BCUT2D eigenvalue weighted by atomic mass is 9.93. The molecule has 0 bridgehead atoms. The van der Waals surface area contributed by atoms with Gasteiger partial charge in [0.2, 0.25) is 0 Å². The minimum Gasteiger partial charge on any atom is -0.490 e. The Kier molecular flexibility index (Phi) is 9.33. The van der Waals surface area contributed by atoms with Crippen molar-refractivity contribution in [3.05, 3.63) is 36.4 Å². The number of carbonyl (C=O) groups is 1. The van der Waals surface area contributed by atoms with Crippen LogP contribution in [0.2, 0.25) is 0 Å². The molecule has 4 aromatic carbocycles. The SMILES string of the molecule is O=C(O)C1CCC(NOCCOc2cc(SOOO)c3ccc4c(SOOO)cc(S(=O)(=O)O)c5ccc2c3c45)C1. The summed E-state index contributed by atoms with van der Waals surface area (Å²) in [6.45, 7) is 0.216. The molecule has 5 rings (SSSR count). The van der Waals surface area contributed by atoms with Crippen molar-refractivity contribution < 1.29 is 61.7 Å². The number of carboxylic acids is 1. The molecule has 4 aromatic rings. The van der Waals surface area contributed by atoms with Crippen molar-refractivity contribution in [1.82, 2.24) is 5.48 Å². The second-order valence-electron chi connectivity index (χ2n) is 9.10. The number of rotatable bonds is 14. The zero-order chi connectivity index (χ0) is 29.1. The van der Waals surface area contributed by atoms with Crippen LogP contribution in [0.5, 0.6) is 5.75 Å². The van der Waals surface area contributed by atoms with Crippen LogP contribution in [0.15, 0.2) is 51.1 Å². The number of nitrogens with one attached hydrogen (secondary N) is 1. The lowest BCUT2D eigenvalue weighted by molar-refractivity contribution is -0.432. The fourth-order valence-electron chi connectivity index (χ4n) is 5.12. The number of benzene rings is 4. The second-order valence-corrected chi connectivity index (χ2v) is 12.0. The van der Waals surface area contributed by atoms with E-state index in [1.165, 1.54) is 12.1 Å². The predicted molar refractivity (Wildman–Crippen MR) is 145 cm³/mol. The van der Waals surface area contributed by atoms with Crippen molar-refractivity contribution in [2.75, 3.05) is 13.2 Å². The zero-order valence-electron chi connectivity index (χ0n) is 20.8. The molecule has 14 nitrogen and oxygen atoms in total. The third kappa shape index (κ3) is 6.31. The fourth-order valence-corrected chi connectivity index (χ4v) is 6.96. The molecule has 0 radical (unpaired) electrons. The van der Waals surface area contributed by atoms with E-state index in [-0.39, 0.29) is 29.5 Å². The average Bonchev–Trinajstić information content (AvgIpc) is 3.43. The molecule has 2 unspecified atom stereocenters. The molecule has 0 spiro atoms. The van der Waals surface area contributed by atoms with Crippen molar-refractivity contribution in [3.63, 3.8) is 0 Å². The average molecular weight is 630 g/mol. The zero-order valence-corrected chi connectivity index (χ0v) is 23.3. The summed E-state index contributed by atoms with van der Waals surface area (Å²) in [5.74, 6) is -0.846. The molecule has 0 heterocycles. The van der Waals surface area contributed by atoms with E-state index >= 15 is 0 Å². The summed E-state index contributed by atoms with van der Waals surface area (Å²) in [6.07, 6.45) is 1.73. The molecule has 1 fully saturated rings. The molecule has 0 amide bonds. The van der Waals surface area contributed by atoms with Crippen LogP contribution in [0.4, 0.5) is 0 Å². The predicted octanol–water partition coefficient (Wildman–Crippen LogP) is 4.84. The first kappa shape index (κ1) is 30.0. The van der Waals surface area contributed by atoms with Gasteiger partial charge >= 0.3 is 5.97 Å². The molecular weight excluding hydrogens is 606 g/mol. The highest BCUT2D eigenvalue weighted by Crippen LogP contribution is 2.47. The van der Waals surface area contributed by atoms with Crippen LogP contribution in [0.1, 0.15) is 19.3 Å². The van der Waals surface area contributed by atoms with Gasteiger partial charge in [0.15, 0.2) is 0 Å². The Morgan fingerprint density at radius 1 is 0.902 bits per heavy atom. The topological polar surface area (TPSA) is 200 Å². The lowest BCUT2D eigenvalue weighted by Crippen LogP contribution is -2.29. The highest BCUT2D eigenvalue weighted by Gasteiger charge is 2.30. The number of aliphatic carboxylic acids is 1. The molecule has 1 aliphatic rings. The van der Waals surface area contributed by atoms with Crippen molar-refractivity contribution >= 4 is 72.5 Å². The van der Waals surface area contributed by atoms with Crippen LogP contribution in [0.3, 0.4) is 0 Å². The van der Waals surface area contributed by atoms with E-state index in [2.05, 4.69) is 24.2 Å². The summed E-state index contributed by atoms with van der Waals surface area (Å²) >= 11 is 1.22. The van der Waals surface area contributed by atoms with E-state index in [1.54, 1.807) is 24.3 Å². The van der Waals surface area contributed by atoms with Gasteiger partial charge in [0.25, 0.3) is 10.1 Å². The van der Waals surface area contributed by atoms with E-state index in [0.717, 1.165) is 0 Å².